The van der Waals surface area contributed by atoms with E-state index < -0.39 is 30.5 Å². The van der Waals surface area contributed by atoms with Crippen LogP contribution in [0.15, 0.2) is 42.6 Å². The molecule has 2 amide bonds. The molecule has 0 saturated heterocycles. The van der Waals surface area contributed by atoms with Crippen molar-refractivity contribution in [3.05, 3.63) is 53.7 Å². The number of nitrogens with two attached hydrogens (primary N) is 1. The lowest BCUT2D eigenvalue weighted by Gasteiger charge is -2.12. The SMILES string of the molecule is NC(=O)Cc1ccc(NC(=O)c2cccnc2OCC(F)(F)F)cc1. The number of carbonyl (C=O) groups is 2. The number of anilines is 1. The van der Waals surface area contributed by atoms with Crippen LogP contribution in [0.1, 0.15) is 15.9 Å². The number of amides is 2. The van der Waals surface area contributed by atoms with E-state index in [0.29, 0.717) is 11.3 Å². The van der Waals surface area contributed by atoms with Crippen LogP contribution in [0.2, 0.25) is 0 Å². The first kappa shape index (κ1) is 18.2. The molecule has 2 aromatic rings. The Kier molecular flexibility index (Phi) is 5.58. The first-order valence-corrected chi connectivity index (χ1v) is 7.08. The molecule has 9 heteroatoms. The van der Waals surface area contributed by atoms with Crippen molar-refractivity contribution in [2.75, 3.05) is 11.9 Å². The highest BCUT2D eigenvalue weighted by Gasteiger charge is 2.29. The van der Waals surface area contributed by atoms with Crippen molar-refractivity contribution in [1.82, 2.24) is 4.98 Å². The molecule has 0 unspecified atom stereocenters. The molecular weight excluding hydrogens is 339 g/mol. The van der Waals surface area contributed by atoms with Gasteiger partial charge in [0.15, 0.2) is 6.61 Å². The summed E-state index contributed by atoms with van der Waals surface area (Å²) >= 11 is 0. The highest BCUT2D eigenvalue weighted by atomic mass is 19.4. The van der Waals surface area contributed by atoms with Crippen molar-refractivity contribution in [2.45, 2.75) is 12.6 Å². The van der Waals surface area contributed by atoms with Gasteiger partial charge in [-0.15, -0.1) is 0 Å². The van der Waals surface area contributed by atoms with Gasteiger partial charge in [-0.1, -0.05) is 12.1 Å². The second kappa shape index (κ2) is 7.65. The van der Waals surface area contributed by atoms with E-state index in [9.17, 15) is 22.8 Å². The average molecular weight is 353 g/mol. The molecule has 2 rings (SSSR count). The van der Waals surface area contributed by atoms with E-state index in [1.54, 1.807) is 24.3 Å². The van der Waals surface area contributed by atoms with Crippen molar-refractivity contribution in [3.63, 3.8) is 0 Å². The molecule has 132 valence electrons. The van der Waals surface area contributed by atoms with E-state index >= 15 is 0 Å². The number of primary amides is 1. The van der Waals surface area contributed by atoms with Gasteiger partial charge in [0.25, 0.3) is 5.91 Å². The molecule has 3 N–H and O–H groups in total. The van der Waals surface area contributed by atoms with Gasteiger partial charge < -0.3 is 15.8 Å². The third-order valence-corrected chi connectivity index (χ3v) is 2.98. The summed E-state index contributed by atoms with van der Waals surface area (Å²) in [6.45, 7) is -1.55. The first-order chi connectivity index (χ1) is 11.7. The number of ether oxygens (including phenoxy) is 1. The summed E-state index contributed by atoms with van der Waals surface area (Å²) < 4.78 is 41.4. The summed E-state index contributed by atoms with van der Waals surface area (Å²) in [4.78, 5) is 26.7. The quantitative estimate of drug-likeness (QED) is 0.833. The highest BCUT2D eigenvalue weighted by Crippen LogP contribution is 2.21. The Balaban J connectivity index is 2.09. The number of rotatable bonds is 6. The molecule has 0 saturated carbocycles. The summed E-state index contributed by atoms with van der Waals surface area (Å²) in [5, 5.41) is 2.52. The van der Waals surface area contributed by atoms with Crippen LogP contribution in [-0.4, -0.2) is 29.6 Å². The number of hydrogen-bond donors (Lipinski definition) is 2. The van der Waals surface area contributed by atoms with Gasteiger partial charge in [0.05, 0.1) is 6.42 Å². The Morgan fingerprint density at radius 1 is 1.16 bits per heavy atom. The molecule has 0 spiro atoms. The summed E-state index contributed by atoms with van der Waals surface area (Å²) in [7, 11) is 0. The fraction of sp³-hybridized carbons (Fsp3) is 0.188. The normalized spacial score (nSPS) is 11.0. The van der Waals surface area contributed by atoms with Gasteiger partial charge in [0.2, 0.25) is 11.8 Å². The molecule has 0 atom stereocenters. The van der Waals surface area contributed by atoms with E-state index in [2.05, 4.69) is 15.0 Å². The summed E-state index contributed by atoms with van der Waals surface area (Å²) in [5.74, 6) is -1.57. The Morgan fingerprint density at radius 3 is 2.44 bits per heavy atom. The van der Waals surface area contributed by atoms with Gasteiger partial charge in [-0.05, 0) is 29.8 Å². The van der Waals surface area contributed by atoms with Crippen molar-refractivity contribution in [2.24, 2.45) is 5.73 Å². The van der Waals surface area contributed by atoms with Crippen LogP contribution < -0.4 is 15.8 Å². The molecule has 0 aliphatic rings. The van der Waals surface area contributed by atoms with Crippen LogP contribution in [0.4, 0.5) is 18.9 Å². The van der Waals surface area contributed by atoms with Crippen LogP contribution in [-0.2, 0) is 11.2 Å². The fourth-order valence-corrected chi connectivity index (χ4v) is 1.93. The Bertz CT molecular complexity index is 761. The van der Waals surface area contributed by atoms with Gasteiger partial charge >= 0.3 is 6.18 Å². The minimum Gasteiger partial charge on any atom is -0.467 e. The average Bonchev–Trinajstić information content (AvgIpc) is 2.54. The number of aromatic nitrogens is 1. The number of pyridine rings is 1. The van der Waals surface area contributed by atoms with Crippen LogP contribution in [0.3, 0.4) is 0 Å². The number of nitrogens with one attached hydrogen (secondary N) is 1. The molecule has 1 aromatic heterocycles. The molecule has 1 aromatic carbocycles. The largest absolute Gasteiger partial charge is 0.467 e. The lowest BCUT2D eigenvalue weighted by Crippen LogP contribution is -2.22. The zero-order valence-electron chi connectivity index (χ0n) is 12.8. The predicted octanol–water partition coefficient (Wildman–Crippen LogP) is 2.30. The Labute approximate surface area is 140 Å². The maximum atomic E-state index is 12.3. The lowest BCUT2D eigenvalue weighted by atomic mass is 10.1. The fourth-order valence-electron chi connectivity index (χ4n) is 1.93. The van der Waals surface area contributed by atoms with E-state index in [1.165, 1.54) is 18.3 Å². The number of nitrogens with zero attached hydrogens (tertiary/aromatic N) is 1. The number of carbonyl (C=O) groups excluding carboxylic acids is 2. The van der Waals surface area contributed by atoms with E-state index in [0.717, 1.165) is 0 Å². The molecule has 1 heterocycles. The zero-order valence-corrected chi connectivity index (χ0v) is 12.8. The summed E-state index contributed by atoms with van der Waals surface area (Å²) in [5.41, 5.74) is 6.01. The molecular formula is C16H14F3N3O3. The van der Waals surface area contributed by atoms with Crippen molar-refractivity contribution in [1.29, 1.82) is 0 Å². The summed E-state index contributed by atoms with van der Waals surface area (Å²) in [6.07, 6.45) is -3.26. The van der Waals surface area contributed by atoms with Crippen molar-refractivity contribution >= 4 is 17.5 Å². The van der Waals surface area contributed by atoms with Crippen LogP contribution >= 0.6 is 0 Å². The van der Waals surface area contributed by atoms with Crippen molar-refractivity contribution < 1.29 is 27.5 Å². The van der Waals surface area contributed by atoms with Gasteiger partial charge in [-0.25, -0.2) is 4.98 Å². The number of halogens is 3. The molecule has 0 aliphatic heterocycles. The second-order valence-electron chi connectivity index (χ2n) is 5.05. The standard InChI is InChI=1S/C16H14F3N3O3/c17-16(18,19)9-25-15-12(2-1-7-21-15)14(24)22-11-5-3-10(4-6-11)8-13(20)23/h1-7H,8-9H2,(H2,20,23)(H,22,24). The van der Waals surface area contributed by atoms with Crippen LogP contribution in [0.25, 0.3) is 0 Å². The minimum atomic E-state index is -4.54. The molecule has 25 heavy (non-hydrogen) atoms. The second-order valence-corrected chi connectivity index (χ2v) is 5.05. The van der Waals surface area contributed by atoms with E-state index in [4.69, 9.17) is 5.73 Å². The predicted molar refractivity (Wildman–Crippen MR) is 83.1 cm³/mol. The van der Waals surface area contributed by atoms with Crippen LogP contribution in [0, 0.1) is 0 Å². The van der Waals surface area contributed by atoms with Gasteiger partial charge in [-0.2, -0.15) is 13.2 Å². The third-order valence-electron chi connectivity index (χ3n) is 2.98. The monoisotopic (exact) mass is 353 g/mol. The number of benzene rings is 1. The third kappa shape index (κ3) is 5.79. The Hall–Kier alpha value is -3.10. The van der Waals surface area contributed by atoms with Gasteiger partial charge in [-0.3, -0.25) is 9.59 Å². The first-order valence-electron chi connectivity index (χ1n) is 7.08. The number of alkyl halides is 3. The van der Waals surface area contributed by atoms with E-state index in [1.807, 2.05) is 0 Å². The smallest absolute Gasteiger partial charge is 0.422 e. The molecule has 0 bridgehead atoms. The highest BCUT2D eigenvalue weighted by molar-refractivity contribution is 6.05. The van der Waals surface area contributed by atoms with E-state index in [-0.39, 0.29) is 12.0 Å². The van der Waals surface area contributed by atoms with Gasteiger partial charge in [0, 0.05) is 11.9 Å². The molecule has 6 nitrogen and oxygen atoms in total. The molecule has 0 fully saturated rings. The maximum absolute atomic E-state index is 12.3. The number of hydrogen-bond acceptors (Lipinski definition) is 4. The summed E-state index contributed by atoms with van der Waals surface area (Å²) in [6, 6.07) is 9.00. The topological polar surface area (TPSA) is 94.3 Å². The molecule has 0 radical (unpaired) electrons. The van der Waals surface area contributed by atoms with Crippen molar-refractivity contribution in [3.8, 4) is 5.88 Å². The lowest BCUT2D eigenvalue weighted by molar-refractivity contribution is -0.154. The van der Waals surface area contributed by atoms with Gasteiger partial charge in [0.1, 0.15) is 5.56 Å². The Morgan fingerprint density at radius 2 is 1.84 bits per heavy atom. The van der Waals surface area contributed by atoms with Crippen LogP contribution in [0.5, 0.6) is 5.88 Å². The molecule has 0 aliphatic carbocycles. The minimum absolute atomic E-state index is 0.0618. The zero-order chi connectivity index (χ0) is 18.4. The maximum Gasteiger partial charge on any atom is 0.422 e.